The van der Waals surface area contributed by atoms with Crippen LogP contribution in [0, 0.1) is 6.92 Å². The molecular weight excluding hydrogens is 276 g/mol. The lowest BCUT2D eigenvalue weighted by atomic mass is 9.96. The number of aromatic amines is 1. The molecular formula is C14H20N2O5. The highest BCUT2D eigenvalue weighted by Gasteiger charge is 2.36. The van der Waals surface area contributed by atoms with Gasteiger partial charge in [-0.15, -0.1) is 0 Å². The molecule has 21 heavy (non-hydrogen) atoms. The Balaban J connectivity index is 1.68. The van der Waals surface area contributed by atoms with Crippen LogP contribution in [-0.2, 0) is 9.47 Å². The van der Waals surface area contributed by atoms with Gasteiger partial charge in [0.2, 0.25) is 0 Å². The quantitative estimate of drug-likeness (QED) is 0.819. The summed E-state index contributed by atoms with van der Waals surface area (Å²) in [4.78, 5) is 25.4. The lowest BCUT2D eigenvalue weighted by Crippen LogP contribution is -2.34. The smallest absolute Gasteiger partial charge is 0.330 e. The minimum absolute atomic E-state index is 0.276. The van der Waals surface area contributed by atoms with Gasteiger partial charge in [0.15, 0.2) is 0 Å². The molecule has 116 valence electrons. The SMILES string of the molecule is Cc1cn([C@H]2C[C@H](O)[C@@H](COC3CCC3)O2)c(=O)[nH]c1=O. The molecule has 1 aromatic heterocycles. The van der Waals surface area contributed by atoms with Gasteiger partial charge in [0.05, 0.1) is 18.8 Å². The molecule has 3 atom stereocenters. The van der Waals surface area contributed by atoms with Crippen molar-refractivity contribution in [1.29, 1.82) is 0 Å². The van der Waals surface area contributed by atoms with Crippen LogP contribution in [0.5, 0.6) is 0 Å². The zero-order valence-corrected chi connectivity index (χ0v) is 11.9. The zero-order chi connectivity index (χ0) is 15.0. The Morgan fingerprint density at radius 2 is 2.24 bits per heavy atom. The first-order valence-electron chi connectivity index (χ1n) is 7.32. The van der Waals surface area contributed by atoms with Crippen molar-refractivity contribution in [2.75, 3.05) is 6.61 Å². The molecule has 2 aliphatic rings. The number of aliphatic hydroxyl groups excluding tert-OH is 1. The number of aliphatic hydroxyl groups is 1. The number of H-pyrrole nitrogens is 1. The molecule has 7 nitrogen and oxygen atoms in total. The van der Waals surface area contributed by atoms with Crippen molar-refractivity contribution in [1.82, 2.24) is 9.55 Å². The van der Waals surface area contributed by atoms with Gasteiger partial charge in [-0.3, -0.25) is 14.3 Å². The number of nitrogens with zero attached hydrogens (tertiary/aromatic N) is 1. The molecule has 0 spiro atoms. The van der Waals surface area contributed by atoms with E-state index in [2.05, 4.69) is 4.98 Å². The number of rotatable bonds is 4. The molecule has 1 aliphatic carbocycles. The van der Waals surface area contributed by atoms with Crippen LogP contribution in [0.15, 0.2) is 15.8 Å². The van der Waals surface area contributed by atoms with Crippen LogP contribution < -0.4 is 11.2 Å². The maximum Gasteiger partial charge on any atom is 0.330 e. The van der Waals surface area contributed by atoms with Crippen molar-refractivity contribution in [2.24, 2.45) is 0 Å². The summed E-state index contributed by atoms with van der Waals surface area (Å²) in [5, 5.41) is 10.0. The average molecular weight is 296 g/mol. The number of hydrogen-bond acceptors (Lipinski definition) is 5. The number of aromatic nitrogens is 2. The van der Waals surface area contributed by atoms with Crippen LogP contribution in [0.2, 0.25) is 0 Å². The summed E-state index contributed by atoms with van der Waals surface area (Å²) >= 11 is 0. The van der Waals surface area contributed by atoms with Crippen LogP contribution in [0.25, 0.3) is 0 Å². The molecule has 2 fully saturated rings. The van der Waals surface area contributed by atoms with E-state index in [0.29, 0.717) is 18.6 Å². The van der Waals surface area contributed by atoms with Crippen molar-refractivity contribution in [2.45, 2.75) is 57.1 Å². The average Bonchev–Trinajstić information content (AvgIpc) is 2.73. The number of aryl methyl sites for hydroxylation is 1. The van der Waals surface area contributed by atoms with Crippen molar-refractivity contribution in [3.63, 3.8) is 0 Å². The third kappa shape index (κ3) is 2.95. The summed E-state index contributed by atoms with van der Waals surface area (Å²) in [5.41, 5.74) is -0.495. The van der Waals surface area contributed by atoms with E-state index in [0.717, 1.165) is 12.8 Å². The molecule has 0 unspecified atom stereocenters. The number of ether oxygens (including phenoxy) is 2. The molecule has 3 rings (SSSR count). The molecule has 2 N–H and O–H groups in total. The van der Waals surface area contributed by atoms with Crippen LogP contribution in [0.4, 0.5) is 0 Å². The van der Waals surface area contributed by atoms with E-state index < -0.39 is 29.7 Å². The molecule has 2 heterocycles. The largest absolute Gasteiger partial charge is 0.390 e. The van der Waals surface area contributed by atoms with E-state index in [4.69, 9.17) is 9.47 Å². The Morgan fingerprint density at radius 3 is 2.90 bits per heavy atom. The highest BCUT2D eigenvalue weighted by molar-refractivity contribution is 5.02. The fraction of sp³-hybridized carbons (Fsp3) is 0.714. The summed E-state index contributed by atoms with van der Waals surface area (Å²) in [5.74, 6) is 0. The van der Waals surface area contributed by atoms with Crippen LogP contribution in [-0.4, -0.2) is 39.6 Å². The Hall–Kier alpha value is -1.44. The Kier molecular flexibility index (Phi) is 3.97. The monoisotopic (exact) mass is 296 g/mol. The first kappa shape index (κ1) is 14.5. The summed E-state index contributed by atoms with van der Waals surface area (Å²) in [7, 11) is 0. The van der Waals surface area contributed by atoms with Crippen molar-refractivity contribution in [3.8, 4) is 0 Å². The Bertz CT molecular complexity index is 619. The van der Waals surface area contributed by atoms with E-state index >= 15 is 0 Å². The highest BCUT2D eigenvalue weighted by atomic mass is 16.6. The van der Waals surface area contributed by atoms with Gasteiger partial charge in [-0.2, -0.15) is 0 Å². The third-order valence-electron chi connectivity index (χ3n) is 4.21. The van der Waals surface area contributed by atoms with E-state index in [-0.39, 0.29) is 6.10 Å². The van der Waals surface area contributed by atoms with Crippen LogP contribution in [0.1, 0.15) is 37.5 Å². The molecule has 1 aromatic rings. The minimum atomic E-state index is -0.672. The van der Waals surface area contributed by atoms with Gasteiger partial charge in [0.25, 0.3) is 5.56 Å². The van der Waals surface area contributed by atoms with Gasteiger partial charge in [-0.25, -0.2) is 4.79 Å². The molecule has 0 amide bonds. The Labute approximate surface area is 121 Å². The standard InChI is InChI=1S/C14H20N2O5/c1-8-6-16(14(19)15-13(8)18)12-5-10(17)11(21-12)7-20-9-3-2-4-9/h6,9-12,17H,2-5,7H2,1H3,(H,15,18,19)/t10-,11+,12+/m0/s1. The van der Waals surface area contributed by atoms with Gasteiger partial charge < -0.3 is 14.6 Å². The van der Waals surface area contributed by atoms with Gasteiger partial charge >= 0.3 is 5.69 Å². The molecule has 7 heteroatoms. The second-order valence-corrected chi connectivity index (χ2v) is 5.80. The Morgan fingerprint density at radius 1 is 1.48 bits per heavy atom. The van der Waals surface area contributed by atoms with Crippen LogP contribution in [0.3, 0.4) is 0 Å². The minimum Gasteiger partial charge on any atom is -0.390 e. The molecule has 1 aliphatic heterocycles. The third-order valence-corrected chi connectivity index (χ3v) is 4.21. The molecule has 0 radical (unpaired) electrons. The zero-order valence-electron chi connectivity index (χ0n) is 11.9. The van der Waals surface area contributed by atoms with Gasteiger partial charge in [0, 0.05) is 18.2 Å². The van der Waals surface area contributed by atoms with Crippen LogP contribution >= 0.6 is 0 Å². The first-order chi connectivity index (χ1) is 10.0. The topological polar surface area (TPSA) is 93.6 Å². The van der Waals surface area contributed by atoms with Gasteiger partial charge in [-0.05, 0) is 26.2 Å². The second-order valence-electron chi connectivity index (χ2n) is 5.80. The van der Waals surface area contributed by atoms with E-state index in [1.807, 2.05) is 0 Å². The maximum absolute atomic E-state index is 11.8. The van der Waals surface area contributed by atoms with E-state index in [9.17, 15) is 14.7 Å². The number of nitrogens with one attached hydrogen (secondary N) is 1. The fourth-order valence-electron chi connectivity index (χ4n) is 2.60. The molecule has 0 bridgehead atoms. The van der Waals surface area contributed by atoms with E-state index in [1.165, 1.54) is 17.2 Å². The van der Waals surface area contributed by atoms with Crippen molar-refractivity contribution in [3.05, 3.63) is 32.6 Å². The first-order valence-corrected chi connectivity index (χ1v) is 7.32. The van der Waals surface area contributed by atoms with Crippen molar-refractivity contribution < 1.29 is 14.6 Å². The predicted molar refractivity (Wildman–Crippen MR) is 74.2 cm³/mol. The fourth-order valence-corrected chi connectivity index (χ4v) is 2.60. The summed E-state index contributed by atoms with van der Waals surface area (Å²) in [6, 6.07) is 0. The molecule has 0 aromatic carbocycles. The van der Waals surface area contributed by atoms with E-state index in [1.54, 1.807) is 6.92 Å². The second kappa shape index (κ2) is 5.75. The summed E-state index contributed by atoms with van der Waals surface area (Å²) in [6.07, 6.45) is 3.68. The molecule has 1 saturated heterocycles. The molecule has 1 saturated carbocycles. The van der Waals surface area contributed by atoms with Crippen molar-refractivity contribution >= 4 is 0 Å². The lowest BCUT2D eigenvalue weighted by Gasteiger charge is -2.27. The van der Waals surface area contributed by atoms with Gasteiger partial charge in [-0.1, -0.05) is 0 Å². The normalized spacial score (nSPS) is 29.5. The highest BCUT2D eigenvalue weighted by Crippen LogP contribution is 2.29. The summed E-state index contributed by atoms with van der Waals surface area (Å²) in [6.45, 7) is 1.96. The predicted octanol–water partition coefficient (Wildman–Crippen LogP) is 0.0625. The van der Waals surface area contributed by atoms with Gasteiger partial charge in [0.1, 0.15) is 12.3 Å². The number of hydrogen-bond donors (Lipinski definition) is 2. The maximum atomic E-state index is 11.8. The lowest BCUT2D eigenvalue weighted by molar-refractivity contribution is -0.0943. The summed E-state index contributed by atoms with van der Waals surface area (Å²) < 4.78 is 12.7.